The van der Waals surface area contributed by atoms with Crippen molar-refractivity contribution in [3.8, 4) is 11.3 Å². The highest BCUT2D eigenvalue weighted by Crippen LogP contribution is 2.21. The molecule has 2 nitrogen and oxygen atoms in total. The van der Waals surface area contributed by atoms with E-state index in [0.29, 0.717) is 4.77 Å². The van der Waals surface area contributed by atoms with Crippen LogP contribution in [0.4, 0.5) is 0 Å². The molecule has 0 radical (unpaired) electrons. The predicted molar refractivity (Wildman–Crippen MR) is 77.4 cm³/mol. The molecule has 2 rings (SSSR count). The van der Waals surface area contributed by atoms with Gasteiger partial charge in [0.05, 0.1) is 5.69 Å². The maximum atomic E-state index is 5.03. The lowest BCUT2D eigenvalue weighted by atomic mass is 9.99. The molecule has 1 heterocycles. The molecule has 2 N–H and O–H groups in total. The average Bonchev–Trinajstić information content (AvgIpc) is 2.75. The molecule has 1 aromatic heterocycles. The Balaban J connectivity index is 0.00000144. The lowest BCUT2D eigenvalue weighted by Crippen LogP contribution is -1.91. The Morgan fingerprint density at radius 3 is 2.35 bits per heavy atom. The molecule has 0 aliphatic heterocycles. The number of H-pyrrole nitrogens is 2. The summed E-state index contributed by atoms with van der Waals surface area (Å²) in [6.07, 6.45) is 4.08. The molecule has 1 aromatic carbocycles. The SMILES string of the molecule is CCc1ccc(-c2c[nH]c(=S)[nH]2)cc1CC.Cl. The Bertz CT molecular complexity index is 542. The van der Waals surface area contributed by atoms with Gasteiger partial charge in [-0.05, 0) is 47.8 Å². The number of aromatic nitrogens is 2. The molecule has 0 aliphatic rings. The van der Waals surface area contributed by atoms with Gasteiger partial charge >= 0.3 is 0 Å². The van der Waals surface area contributed by atoms with Crippen molar-refractivity contribution in [2.45, 2.75) is 26.7 Å². The topological polar surface area (TPSA) is 31.6 Å². The van der Waals surface area contributed by atoms with Crippen molar-refractivity contribution >= 4 is 24.6 Å². The second kappa shape index (κ2) is 6.03. The molecule has 0 amide bonds. The molecule has 0 aliphatic carbocycles. The third-order valence-electron chi connectivity index (χ3n) is 2.87. The zero-order valence-electron chi connectivity index (χ0n) is 10.0. The molecule has 0 spiro atoms. The summed E-state index contributed by atoms with van der Waals surface area (Å²) in [6.45, 7) is 4.38. The largest absolute Gasteiger partial charge is 0.337 e. The number of benzene rings is 1. The van der Waals surface area contributed by atoms with Crippen LogP contribution in [0.15, 0.2) is 24.4 Å². The molecule has 0 atom stereocenters. The Labute approximate surface area is 113 Å². The number of aryl methyl sites for hydroxylation is 2. The van der Waals surface area contributed by atoms with Crippen LogP contribution in [0.2, 0.25) is 0 Å². The van der Waals surface area contributed by atoms with E-state index in [0.717, 1.165) is 18.5 Å². The summed E-state index contributed by atoms with van der Waals surface area (Å²) in [5, 5.41) is 0. The number of aromatic amines is 2. The monoisotopic (exact) mass is 268 g/mol. The van der Waals surface area contributed by atoms with E-state index >= 15 is 0 Å². The Morgan fingerprint density at radius 1 is 1.12 bits per heavy atom. The zero-order chi connectivity index (χ0) is 11.5. The van der Waals surface area contributed by atoms with Gasteiger partial charge < -0.3 is 9.97 Å². The number of halogens is 1. The van der Waals surface area contributed by atoms with Crippen molar-refractivity contribution in [2.24, 2.45) is 0 Å². The van der Waals surface area contributed by atoms with Crippen LogP contribution in [0, 0.1) is 4.77 Å². The van der Waals surface area contributed by atoms with Crippen LogP contribution in [0.5, 0.6) is 0 Å². The van der Waals surface area contributed by atoms with E-state index in [2.05, 4.69) is 42.0 Å². The van der Waals surface area contributed by atoms with Crippen LogP contribution >= 0.6 is 24.6 Å². The first-order valence-corrected chi connectivity index (χ1v) is 6.05. The molecule has 2 aromatic rings. The summed E-state index contributed by atoms with van der Waals surface area (Å²) in [5.41, 5.74) is 5.10. The Hall–Kier alpha value is -1.06. The van der Waals surface area contributed by atoms with E-state index in [1.54, 1.807) is 0 Å². The zero-order valence-corrected chi connectivity index (χ0v) is 11.7. The van der Waals surface area contributed by atoms with Crippen molar-refractivity contribution in [1.82, 2.24) is 9.97 Å². The summed E-state index contributed by atoms with van der Waals surface area (Å²) in [7, 11) is 0. The number of hydrogen-bond acceptors (Lipinski definition) is 1. The maximum absolute atomic E-state index is 5.03. The first kappa shape index (κ1) is 14.0. The number of nitrogens with one attached hydrogen (secondary N) is 2. The van der Waals surface area contributed by atoms with Crippen LogP contribution < -0.4 is 0 Å². The molecule has 92 valence electrons. The van der Waals surface area contributed by atoms with Crippen LogP contribution in [0.3, 0.4) is 0 Å². The van der Waals surface area contributed by atoms with Gasteiger partial charge in [0.2, 0.25) is 0 Å². The normalized spacial score (nSPS) is 10.0. The van der Waals surface area contributed by atoms with Gasteiger partial charge in [-0.1, -0.05) is 26.0 Å². The van der Waals surface area contributed by atoms with Gasteiger partial charge in [0.25, 0.3) is 0 Å². The first-order chi connectivity index (χ1) is 7.74. The van der Waals surface area contributed by atoms with Gasteiger partial charge in [0.1, 0.15) is 0 Å². The molecule has 4 heteroatoms. The molecular formula is C13H17ClN2S. The summed E-state index contributed by atoms with van der Waals surface area (Å²) in [6, 6.07) is 6.60. The van der Waals surface area contributed by atoms with Gasteiger partial charge in [0, 0.05) is 6.20 Å². The van der Waals surface area contributed by atoms with Crippen molar-refractivity contribution in [3.05, 3.63) is 40.3 Å². The van der Waals surface area contributed by atoms with Crippen LogP contribution in [-0.2, 0) is 12.8 Å². The average molecular weight is 269 g/mol. The minimum atomic E-state index is 0. The van der Waals surface area contributed by atoms with Crippen molar-refractivity contribution in [1.29, 1.82) is 0 Å². The summed E-state index contributed by atoms with van der Waals surface area (Å²) < 4.78 is 0.674. The predicted octanol–water partition coefficient (Wildman–Crippen LogP) is 4.29. The van der Waals surface area contributed by atoms with E-state index in [-0.39, 0.29) is 12.4 Å². The standard InChI is InChI=1S/C13H16N2S.ClH/c1-3-9-5-6-11(7-10(9)4-2)12-8-14-13(16)15-12;/h5-8H,3-4H2,1-2H3,(H2,14,15,16);1H. The minimum absolute atomic E-state index is 0. The lowest BCUT2D eigenvalue weighted by molar-refractivity contribution is 1.04. The van der Waals surface area contributed by atoms with Crippen LogP contribution in [0.1, 0.15) is 25.0 Å². The second-order valence-corrected chi connectivity index (χ2v) is 4.26. The van der Waals surface area contributed by atoms with E-state index in [4.69, 9.17) is 12.2 Å². The van der Waals surface area contributed by atoms with Crippen molar-refractivity contribution in [2.75, 3.05) is 0 Å². The number of hydrogen-bond donors (Lipinski definition) is 2. The summed E-state index contributed by atoms with van der Waals surface area (Å²) >= 11 is 5.03. The maximum Gasteiger partial charge on any atom is 0.174 e. The number of rotatable bonds is 3. The van der Waals surface area contributed by atoms with Crippen molar-refractivity contribution in [3.63, 3.8) is 0 Å². The number of imidazole rings is 1. The Kier molecular flexibility index (Phi) is 4.97. The highest BCUT2D eigenvalue weighted by atomic mass is 35.5. The summed E-state index contributed by atoms with van der Waals surface area (Å²) in [4.78, 5) is 6.13. The molecule has 0 saturated heterocycles. The van der Waals surface area contributed by atoms with Gasteiger partial charge in [-0.3, -0.25) is 0 Å². The fourth-order valence-electron chi connectivity index (χ4n) is 1.96. The van der Waals surface area contributed by atoms with E-state index < -0.39 is 0 Å². The molecule has 0 unspecified atom stereocenters. The quantitative estimate of drug-likeness (QED) is 0.800. The van der Waals surface area contributed by atoms with E-state index in [1.165, 1.54) is 16.7 Å². The smallest absolute Gasteiger partial charge is 0.174 e. The minimum Gasteiger partial charge on any atom is -0.337 e. The Morgan fingerprint density at radius 2 is 1.82 bits per heavy atom. The van der Waals surface area contributed by atoms with Gasteiger partial charge in [-0.2, -0.15) is 0 Å². The van der Waals surface area contributed by atoms with Crippen molar-refractivity contribution < 1.29 is 0 Å². The van der Waals surface area contributed by atoms with Crippen LogP contribution in [-0.4, -0.2) is 9.97 Å². The summed E-state index contributed by atoms with van der Waals surface area (Å²) in [5.74, 6) is 0. The fourth-order valence-corrected chi connectivity index (χ4v) is 2.12. The van der Waals surface area contributed by atoms with Gasteiger partial charge in [-0.25, -0.2) is 0 Å². The second-order valence-electron chi connectivity index (χ2n) is 3.85. The fraction of sp³-hybridized carbons (Fsp3) is 0.308. The highest BCUT2D eigenvalue weighted by Gasteiger charge is 2.03. The lowest BCUT2D eigenvalue weighted by Gasteiger charge is -2.07. The van der Waals surface area contributed by atoms with Crippen LogP contribution in [0.25, 0.3) is 11.3 Å². The molecular weight excluding hydrogens is 252 g/mol. The van der Waals surface area contributed by atoms with E-state index in [1.807, 2.05) is 6.20 Å². The molecule has 0 fully saturated rings. The van der Waals surface area contributed by atoms with Gasteiger partial charge in [-0.15, -0.1) is 12.4 Å². The third kappa shape index (κ3) is 2.99. The highest BCUT2D eigenvalue weighted by molar-refractivity contribution is 7.71. The third-order valence-corrected chi connectivity index (χ3v) is 3.09. The molecule has 0 bridgehead atoms. The molecule has 17 heavy (non-hydrogen) atoms. The van der Waals surface area contributed by atoms with E-state index in [9.17, 15) is 0 Å². The first-order valence-electron chi connectivity index (χ1n) is 5.64. The molecule has 0 saturated carbocycles. The van der Waals surface area contributed by atoms with Gasteiger partial charge in [0.15, 0.2) is 4.77 Å².